The molecule has 0 aromatic carbocycles. The summed E-state index contributed by atoms with van der Waals surface area (Å²) in [4.78, 5) is 12.8. The molecule has 0 amide bonds. The van der Waals surface area contributed by atoms with E-state index in [1.165, 1.54) is 32.1 Å². The van der Waals surface area contributed by atoms with Crippen molar-refractivity contribution in [3.63, 3.8) is 0 Å². The lowest BCUT2D eigenvalue weighted by atomic mass is 9.66. The van der Waals surface area contributed by atoms with Crippen molar-refractivity contribution in [2.45, 2.75) is 92.6 Å². The van der Waals surface area contributed by atoms with E-state index in [0.29, 0.717) is 28.6 Å². The minimum Gasteiger partial charge on any atom is -0.462 e. The van der Waals surface area contributed by atoms with Crippen molar-refractivity contribution in [1.82, 2.24) is 0 Å². The van der Waals surface area contributed by atoms with Gasteiger partial charge in [-0.3, -0.25) is 4.79 Å². The Hall–Kier alpha value is -0.530. The number of carbonyl (C=O) groups is 1. The van der Waals surface area contributed by atoms with Gasteiger partial charge in [-0.05, 0) is 72.5 Å². The van der Waals surface area contributed by atoms with E-state index < -0.39 is 0 Å². The highest BCUT2D eigenvalue weighted by atomic mass is 16.5. The summed E-state index contributed by atoms with van der Waals surface area (Å²) < 4.78 is 6.13. The first-order chi connectivity index (χ1) is 11.0. The first kappa shape index (κ1) is 16.9. The highest BCUT2D eigenvalue weighted by Gasteiger charge is 2.64. The fourth-order valence-electron chi connectivity index (χ4n) is 7.39. The number of rotatable bonds is 3. The Kier molecular flexibility index (Phi) is 3.38. The number of carbonyl (C=O) groups excluding carboxylic acids is 1. The zero-order chi connectivity index (χ0) is 17.5. The van der Waals surface area contributed by atoms with Gasteiger partial charge in [-0.2, -0.15) is 0 Å². The van der Waals surface area contributed by atoms with Crippen LogP contribution >= 0.6 is 0 Å². The lowest BCUT2D eigenvalue weighted by Gasteiger charge is -2.40. The molecule has 6 atom stereocenters. The van der Waals surface area contributed by atoms with Gasteiger partial charge in [-0.25, -0.2) is 0 Å². The van der Waals surface area contributed by atoms with Gasteiger partial charge in [-0.1, -0.05) is 41.5 Å². The Morgan fingerprint density at radius 3 is 1.83 bits per heavy atom. The molecule has 0 heterocycles. The van der Waals surface area contributed by atoms with Crippen molar-refractivity contribution in [1.29, 1.82) is 0 Å². The number of esters is 1. The average Bonchev–Trinajstić information content (AvgIpc) is 2.99. The first-order valence-electron chi connectivity index (χ1n) is 10.2. The SMILES string of the molecule is CC1(C)C2CCC1(C)C(CC(=O)OC1CC3CCC1(C)C3(C)C)C2. The summed E-state index contributed by atoms with van der Waals surface area (Å²) in [6.07, 6.45) is 8.30. The Morgan fingerprint density at radius 1 is 0.875 bits per heavy atom. The van der Waals surface area contributed by atoms with E-state index in [9.17, 15) is 4.79 Å². The Bertz CT molecular complexity index is 514. The van der Waals surface area contributed by atoms with E-state index in [2.05, 4.69) is 41.5 Å². The zero-order valence-corrected chi connectivity index (χ0v) is 16.6. The van der Waals surface area contributed by atoms with Crippen molar-refractivity contribution in [3.8, 4) is 0 Å². The summed E-state index contributed by atoms with van der Waals surface area (Å²) in [5, 5.41) is 0. The van der Waals surface area contributed by atoms with Crippen LogP contribution in [0.15, 0.2) is 0 Å². The molecule has 0 N–H and O–H groups in total. The second-order valence-corrected chi connectivity index (χ2v) is 11.1. The van der Waals surface area contributed by atoms with Crippen molar-refractivity contribution in [2.24, 2.45) is 39.4 Å². The van der Waals surface area contributed by atoms with Crippen molar-refractivity contribution < 1.29 is 9.53 Å². The molecule has 4 aliphatic carbocycles. The number of fused-ring (bicyclic) bond motifs is 4. The number of ether oxygens (including phenoxy) is 1. The molecule has 0 saturated heterocycles. The molecule has 24 heavy (non-hydrogen) atoms. The lowest BCUT2D eigenvalue weighted by molar-refractivity contribution is -0.159. The lowest BCUT2D eigenvalue weighted by Crippen LogP contribution is -2.39. The summed E-state index contributed by atoms with van der Waals surface area (Å²) in [6, 6.07) is 0. The molecule has 4 aliphatic rings. The Labute approximate surface area is 148 Å². The minimum atomic E-state index is 0.0825. The van der Waals surface area contributed by atoms with Gasteiger partial charge in [0.1, 0.15) is 6.10 Å². The molecule has 0 aromatic heterocycles. The molecule has 2 nitrogen and oxygen atoms in total. The first-order valence-corrected chi connectivity index (χ1v) is 10.2. The second-order valence-electron chi connectivity index (χ2n) is 11.1. The third-order valence-corrected chi connectivity index (χ3v) is 10.4. The van der Waals surface area contributed by atoms with E-state index in [0.717, 1.165) is 18.3 Å². The normalized spacial score (nSPS) is 50.4. The molecular formula is C22H36O2. The summed E-state index contributed by atoms with van der Waals surface area (Å²) in [7, 11) is 0. The van der Waals surface area contributed by atoms with Crippen LogP contribution in [0, 0.1) is 39.4 Å². The summed E-state index contributed by atoms with van der Waals surface area (Å²) >= 11 is 0. The van der Waals surface area contributed by atoms with Crippen molar-refractivity contribution >= 4 is 5.97 Å². The third kappa shape index (κ3) is 1.86. The molecular weight excluding hydrogens is 296 g/mol. The van der Waals surface area contributed by atoms with Crippen molar-refractivity contribution in [2.75, 3.05) is 0 Å². The van der Waals surface area contributed by atoms with Crippen LogP contribution in [0.3, 0.4) is 0 Å². The van der Waals surface area contributed by atoms with E-state index >= 15 is 0 Å². The monoisotopic (exact) mass is 332 g/mol. The largest absolute Gasteiger partial charge is 0.462 e. The standard InChI is InChI=1S/C22H36O2/c1-19(2)14-7-9-21(19,5)16(11-14)13-18(23)24-17-12-15-8-10-22(17,6)20(15,3)4/h14-17H,7-13H2,1-6H3. The van der Waals surface area contributed by atoms with Gasteiger partial charge in [0.25, 0.3) is 0 Å². The maximum atomic E-state index is 12.8. The maximum Gasteiger partial charge on any atom is 0.306 e. The van der Waals surface area contributed by atoms with Crippen LogP contribution in [0.25, 0.3) is 0 Å². The maximum absolute atomic E-state index is 12.8. The van der Waals surface area contributed by atoms with Crippen LogP contribution in [-0.4, -0.2) is 12.1 Å². The van der Waals surface area contributed by atoms with Crippen LogP contribution in [-0.2, 0) is 9.53 Å². The molecule has 0 radical (unpaired) electrons. The van der Waals surface area contributed by atoms with Crippen LogP contribution in [0.5, 0.6) is 0 Å². The summed E-state index contributed by atoms with van der Waals surface area (Å²) in [6.45, 7) is 14.4. The van der Waals surface area contributed by atoms with E-state index in [1.54, 1.807) is 0 Å². The van der Waals surface area contributed by atoms with Gasteiger partial charge in [0.15, 0.2) is 0 Å². The van der Waals surface area contributed by atoms with Gasteiger partial charge in [0, 0.05) is 11.8 Å². The van der Waals surface area contributed by atoms with E-state index in [1.807, 2.05) is 0 Å². The Balaban J connectivity index is 1.43. The van der Waals surface area contributed by atoms with Crippen LogP contribution < -0.4 is 0 Å². The summed E-state index contributed by atoms with van der Waals surface area (Å²) in [5.74, 6) is 2.15. The highest BCUT2D eigenvalue weighted by molar-refractivity contribution is 5.70. The third-order valence-electron chi connectivity index (χ3n) is 10.4. The topological polar surface area (TPSA) is 26.3 Å². The number of hydrogen-bond donors (Lipinski definition) is 0. The van der Waals surface area contributed by atoms with Gasteiger partial charge in [-0.15, -0.1) is 0 Å². The summed E-state index contributed by atoms with van der Waals surface area (Å²) in [5.41, 5.74) is 1.22. The minimum absolute atomic E-state index is 0.0825. The molecule has 4 bridgehead atoms. The fourth-order valence-corrected chi connectivity index (χ4v) is 7.39. The van der Waals surface area contributed by atoms with Gasteiger partial charge in [0.05, 0.1) is 0 Å². The fraction of sp³-hybridized carbons (Fsp3) is 0.955. The molecule has 6 unspecified atom stereocenters. The Morgan fingerprint density at radius 2 is 1.42 bits per heavy atom. The van der Waals surface area contributed by atoms with Crippen LogP contribution in [0.1, 0.15) is 86.5 Å². The quantitative estimate of drug-likeness (QED) is 0.629. The smallest absolute Gasteiger partial charge is 0.306 e. The van der Waals surface area contributed by atoms with Crippen LogP contribution in [0.2, 0.25) is 0 Å². The predicted molar refractivity (Wildman–Crippen MR) is 96.4 cm³/mol. The molecule has 4 fully saturated rings. The van der Waals surface area contributed by atoms with Crippen LogP contribution in [0.4, 0.5) is 0 Å². The van der Waals surface area contributed by atoms with E-state index in [4.69, 9.17) is 4.74 Å². The highest BCUT2D eigenvalue weighted by Crippen LogP contribution is 2.69. The molecule has 4 rings (SSSR count). The van der Waals surface area contributed by atoms with Gasteiger partial charge >= 0.3 is 5.97 Å². The van der Waals surface area contributed by atoms with Gasteiger partial charge < -0.3 is 4.74 Å². The molecule has 4 saturated carbocycles. The van der Waals surface area contributed by atoms with Gasteiger partial charge in [0.2, 0.25) is 0 Å². The number of hydrogen-bond acceptors (Lipinski definition) is 2. The van der Waals surface area contributed by atoms with Crippen molar-refractivity contribution in [3.05, 3.63) is 0 Å². The molecule has 0 aliphatic heterocycles. The molecule has 0 spiro atoms. The van der Waals surface area contributed by atoms with E-state index in [-0.39, 0.29) is 17.5 Å². The molecule has 136 valence electrons. The zero-order valence-electron chi connectivity index (χ0n) is 16.6. The molecule has 2 heteroatoms. The predicted octanol–water partition coefficient (Wildman–Crippen LogP) is 5.60. The average molecular weight is 333 g/mol. The molecule has 0 aromatic rings. The second kappa shape index (κ2) is 4.80.